The Bertz CT molecular complexity index is 677. The molecular formula is C14H18ClN3O2. The van der Waals surface area contributed by atoms with Crippen LogP contribution < -0.4 is 0 Å². The maximum Gasteiger partial charge on any atom is 0.343 e. The summed E-state index contributed by atoms with van der Waals surface area (Å²) in [5, 5.41) is 4.82. The van der Waals surface area contributed by atoms with Crippen LogP contribution in [0.4, 0.5) is 0 Å². The third kappa shape index (κ3) is 2.26. The quantitative estimate of drug-likeness (QED) is 0.644. The van der Waals surface area contributed by atoms with E-state index in [9.17, 15) is 4.79 Å². The van der Waals surface area contributed by atoms with Crippen LogP contribution in [0.1, 0.15) is 54.0 Å². The van der Waals surface area contributed by atoms with Crippen LogP contribution in [0.5, 0.6) is 0 Å². The minimum absolute atomic E-state index is 0.231. The normalized spacial score (nSPS) is 11.3. The first kappa shape index (κ1) is 14.8. The van der Waals surface area contributed by atoms with Gasteiger partial charge in [0.15, 0.2) is 5.65 Å². The topological polar surface area (TPSA) is 56.5 Å². The molecule has 0 bridgehead atoms. The first-order valence-electron chi connectivity index (χ1n) is 6.60. The zero-order valence-corrected chi connectivity index (χ0v) is 13.1. The van der Waals surface area contributed by atoms with Gasteiger partial charge in [0.1, 0.15) is 10.7 Å². The average molecular weight is 296 g/mol. The van der Waals surface area contributed by atoms with Gasteiger partial charge in [-0.05, 0) is 26.7 Å². The van der Waals surface area contributed by atoms with E-state index in [1.165, 1.54) is 4.52 Å². The van der Waals surface area contributed by atoms with Crippen LogP contribution in [0.25, 0.3) is 5.65 Å². The molecule has 0 aliphatic rings. The number of carbonyl (C=O) groups excluding carboxylic acids is 1. The Kier molecular flexibility index (Phi) is 3.99. The SMILES string of the molecule is CCOC(=O)c1c(C)nn2c(Cl)c(C(C)C)c(C)nc12. The molecule has 0 unspecified atom stereocenters. The zero-order valence-electron chi connectivity index (χ0n) is 12.3. The molecule has 0 amide bonds. The predicted octanol–water partition coefficient (Wildman–Crippen LogP) is 3.30. The van der Waals surface area contributed by atoms with Crippen LogP contribution in [0.15, 0.2) is 0 Å². The monoisotopic (exact) mass is 295 g/mol. The molecule has 5 nitrogen and oxygen atoms in total. The maximum atomic E-state index is 12.0. The number of halogens is 1. The fourth-order valence-corrected chi connectivity index (χ4v) is 2.81. The summed E-state index contributed by atoms with van der Waals surface area (Å²) in [6.45, 7) is 9.81. The minimum atomic E-state index is -0.416. The highest BCUT2D eigenvalue weighted by Gasteiger charge is 2.23. The molecule has 2 rings (SSSR count). The van der Waals surface area contributed by atoms with Crippen molar-refractivity contribution >= 4 is 23.2 Å². The van der Waals surface area contributed by atoms with E-state index in [4.69, 9.17) is 16.3 Å². The van der Waals surface area contributed by atoms with Gasteiger partial charge in [-0.3, -0.25) is 0 Å². The second-order valence-corrected chi connectivity index (χ2v) is 5.33. The summed E-state index contributed by atoms with van der Waals surface area (Å²) in [5.41, 5.74) is 3.15. The largest absolute Gasteiger partial charge is 0.462 e. The van der Waals surface area contributed by atoms with Gasteiger partial charge in [-0.15, -0.1) is 0 Å². The van der Waals surface area contributed by atoms with Crippen molar-refractivity contribution < 1.29 is 9.53 Å². The zero-order chi connectivity index (χ0) is 15.0. The molecule has 20 heavy (non-hydrogen) atoms. The molecule has 0 aliphatic carbocycles. The van der Waals surface area contributed by atoms with Gasteiger partial charge >= 0.3 is 5.97 Å². The van der Waals surface area contributed by atoms with E-state index in [1.807, 2.05) is 20.8 Å². The van der Waals surface area contributed by atoms with Crippen LogP contribution in [0.3, 0.4) is 0 Å². The molecule has 2 aromatic rings. The summed E-state index contributed by atoms with van der Waals surface area (Å²) in [5.74, 6) is -0.185. The van der Waals surface area contributed by atoms with Gasteiger partial charge in [0.25, 0.3) is 0 Å². The summed E-state index contributed by atoms with van der Waals surface area (Å²) >= 11 is 6.42. The molecular weight excluding hydrogens is 278 g/mol. The Morgan fingerprint density at radius 1 is 1.35 bits per heavy atom. The van der Waals surface area contributed by atoms with E-state index < -0.39 is 5.97 Å². The van der Waals surface area contributed by atoms with Gasteiger partial charge in [-0.2, -0.15) is 5.10 Å². The lowest BCUT2D eigenvalue weighted by atomic mass is 10.0. The number of fused-ring (bicyclic) bond motifs is 1. The van der Waals surface area contributed by atoms with E-state index in [0.29, 0.717) is 28.7 Å². The molecule has 0 spiro atoms. The predicted molar refractivity (Wildman–Crippen MR) is 77.5 cm³/mol. The highest BCUT2D eigenvalue weighted by Crippen LogP contribution is 2.29. The number of carbonyl (C=O) groups is 1. The van der Waals surface area contributed by atoms with Gasteiger partial charge in [0.05, 0.1) is 12.3 Å². The molecule has 0 saturated carbocycles. The van der Waals surface area contributed by atoms with Crippen molar-refractivity contribution in [3.05, 3.63) is 27.7 Å². The number of hydrogen-bond acceptors (Lipinski definition) is 4. The van der Waals surface area contributed by atoms with E-state index in [2.05, 4.69) is 10.1 Å². The molecule has 0 atom stereocenters. The third-order valence-electron chi connectivity index (χ3n) is 3.16. The van der Waals surface area contributed by atoms with Crippen molar-refractivity contribution in [2.75, 3.05) is 6.61 Å². The van der Waals surface area contributed by atoms with Crippen molar-refractivity contribution in [2.45, 2.75) is 40.5 Å². The lowest BCUT2D eigenvalue weighted by Gasteiger charge is -2.12. The summed E-state index contributed by atoms with van der Waals surface area (Å²) in [6.07, 6.45) is 0. The van der Waals surface area contributed by atoms with Gasteiger partial charge in [-0.25, -0.2) is 14.3 Å². The van der Waals surface area contributed by atoms with Crippen LogP contribution in [0, 0.1) is 13.8 Å². The molecule has 108 valence electrons. The standard InChI is InChI=1S/C14H18ClN3O2/c1-6-20-14(19)11-9(5)17-18-12(15)10(7(2)3)8(4)16-13(11)18/h7H,6H2,1-5H3. The Hall–Kier alpha value is -1.62. The van der Waals surface area contributed by atoms with Crippen LogP contribution in [-0.4, -0.2) is 27.2 Å². The summed E-state index contributed by atoms with van der Waals surface area (Å²) in [7, 11) is 0. The Balaban J connectivity index is 2.76. The van der Waals surface area contributed by atoms with Crippen molar-refractivity contribution in [2.24, 2.45) is 0 Å². The molecule has 0 aromatic carbocycles. The first-order chi connectivity index (χ1) is 9.38. The second kappa shape index (κ2) is 5.40. The molecule has 0 aliphatic heterocycles. The smallest absolute Gasteiger partial charge is 0.343 e. The van der Waals surface area contributed by atoms with Crippen LogP contribution in [-0.2, 0) is 4.74 Å². The number of rotatable bonds is 3. The molecule has 0 radical (unpaired) electrons. The number of ether oxygens (including phenoxy) is 1. The first-order valence-corrected chi connectivity index (χ1v) is 6.98. The number of esters is 1. The Morgan fingerprint density at radius 2 is 2.00 bits per heavy atom. The van der Waals surface area contributed by atoms with Crippen molar-refractivity contribution in [3.8, 4) is 0 Å². The fraction of sp³-hybridized carbons (Fsp3) is 0.500. The Labute approximate surface area is 122 Å². The van der Waals surface area contributed by atoms with Crippen LogP contribution in [0.2, 0.25) is 5.15 Å². The summed E-state index contributed by atoms with van der Waals surface area (Å²) < 4.78 is 6.58. The number of hydrogen-bond donors (Lipinski definition) is 0. The number of aryl methyl sites for hydroxylation is 2. The Morgan fingerprint density at radius 3 is 2.55 bits per heavy atom. The van der Waals surface area contributed by atoms with Gasteiger partial charge < -0.3 is 4.74 Å². The van der Waals surface area contributed by atoms with Gasteiger partial charge in [0.2, 0.25) is 0 Å². The molecule has 6 heteroatoms. The van der Waals surface area contributed by atoms with Crippen molar-refractivity contribution in [1.82, 2.24) is 14.6 Å². The lowest BCUT2D eigenvalue weighted by Crippen LogP contribution is -2.08. The lowest BCUT2D eigenvalue weighted by molar-refractivity contribution is 0.0527. The van der Waals surface area contributed by atoms with E-state index >= 15 is 0 Å². The van der Waals surface area contributed by atoms with E-state index in [0.717, 1.165) is 11.3 Å². The fourth-order valence-electron chi connectivity index (χ4n) is 2.34. The van der Waals surface area contributed by atoms with Gasteiger partial charge in [0, 0.05) is 11.3 Å². The maximum absolute atomic E-state index is 12.0. The van der Waals surface area contributed by atoms with Crippen molar-refractivity contribution in [1.29, 1.82) is 0 Å². The van der Waals surface area contributed by atoms with E-state index in [1.54, 1.807) is 13.8 Å². The van der Waals surface area contributed by atoms with Crippen LogP contribution >= 0.6 is 11.6 Å². The van der Waals surface area contributed by atoms with E-state index in [-0.39, 0.29) is 5.92 Å². The third-order valence-corrected chi connectivity index (χ3v) is 3.53. The molecule has 0 saturated heterocycles. The second-order valence-electron chi connectivity index (χ2n) is 4.97. The highest BCUT2D eigenvalue weighted by atomic mass is 35.5. The number of aromatic nitrogens is 3. The number of nitrogens with zero attached hydrogens (tertiary/aromatic N) is 3. The highest BCUT2D eigenvalue weighted by molar-refractivity contribution is 6.30. The summed E-state index contributed by atoms with van der Waals surface area (Å²) in [4.78, 5) is 16.5. The average Bonchev–Trinajstić information content (AvgIpc) is 2.65. The van der Waals surface area contributed by atoms with Crippen molar-refractivity contribution in [3.63, 3.8) is 0 Å². The molecule has 0 fully saturated rings. The molecule has 0 N–H and O–H groups in total. The molecule has 2 heterocycles. The summed E-state index contributed by atoms with van der Waals surface area (Å²) in [6, 6.07) is 0. The minimum Gasteiger partial charge on any atom is -0.462 e. The molecule has 2 aromatic heterocycles. The van der Waals surface area contributed by atoms with Gasteiger partial charge in [-0.1, -0.05) is 25.4 Å².